The molecule has 3 heterocycles. The van der Waals surface area contributed by atoms with Gasteiger partial charge in [-0.2, -0.15) is 0 Å². The first kappa shape index (κ1) is 18.6. The van der Waals surface area contributed by atoms with E-state index in [9.17, 15) is 14.0 Å². The van der Waals surface area contributed by atoms with Gasteiger partial charge < -0.3 is 14.3 Å². The van der Waals surface area contributed by atoms with E-state index in [4.69, 9.17) is 0 Å². The first-order valence-corrected chi connectivity index (χ1v) is 9.28. The van der Waals surface area contributed by atoms with Crippen LogP contribution in [0.2, 0.25) is 0 Å². The molecule has 0 unspecified atom stereocenters. The summed E-state index contributed by atoms with van der Waals surface area (Å²) in [4.78, 5) is 29.5. The fourth-order valence-corrected chi connectivity index (χ4v) is 3.28. The topological polar surface area (TPSA) is 68.4 Å². The number of benzene rings is 1. The van der Waals surface area contributed by atoms with Crippen LogP contribution in [0.4, 0.5) is 4.39 Å². The van der Waals surface area contributed by atoms with Crippen LogP contribution in [0, 0.1) is 5.82 Å². The molecule has 6 nitrogen and oxygen atoms in total. The molecule has 4 aromatic rings. The van der Waals surface area contributed by atoms with Gasteiger partial charge in [0.2, 0.25) is 0 Å². The largest absolute Gasteiger partial charge is 0.349 e. The van der Waals surface area contributed by atoms with Gasteiger partial charge in [0, 0.05) is 42.8 Å². The van der Waals surface area contributed by atoms with Crippen LogP contribution in [-0.2, 0) is 11.3 Å². The lowest BCUT2D eigenvalue weighted by Crippen LogP contribution is -2.33. The van der Waals surface area contributed by atoms with E-state index in [0.717, 1.165) is 5.52 Å². The van der Waals surface area contributed by atoms with Crippen molar-refractivity contribution in [2.75, 3.05) is 6.54 Å². The van der Waals surface area contributed by atoms with E-state index in [1.54, 1.807) is 41.3 Å². The average molecular weight is 390 g/mol. The second kappa shape index (κ2) is 8.10. The number of aromatic nitrogens is 3. The van der Waals surface area contributed by atoms with Crippen LogP contribution in [0.3, 0.4) is 0 Å². The van der Waals surface area contributed by atoms with Gasteiger partial charge in [-0.25, -0.2) is 9.37 Å². The zero-order valence-electron chi connectivity index (χ0n) is 15.6. The van der Waals surface area contributed by atoms with Gasteiger partial charge in [0.05, 0.1) is 6.33 Å². The molecule has 3 aromatic heterocycles. The van der Waals surface area contributed by atoms with Crippen molar-refractivity contribution in [1.82, 2.24) is 19.3 Å². The summed E-state index contributed by atoms with van der Waals surface area (Å²) in [6.07, 6.45) is 7.65. The summed E-state index contributed by atoms with van der Waals surface area (Å²) in [5.74, 6) is -1.65. The molecule has 7 heteroatoms. The van der Waals surface area contributed by atoms with E-state index >= 15 is 0 Å². The highest BCUT2D eigenvalue weighted by Crippen LogP contribution is 2.28. The molecule has 146 valence electrons. The molecule has 4 rings (SSSR count). The van der Waals surface area contributed by atoms with Crippen LogP contribution in [0.1, 0.15) is 16.9 Å². The first-order valence-electron chi connectivity index (χ1n) is 9.28. The van der Waals surface area contributed by atoms with E-state index in [0.29, 0.717) is 30.6 Å². The number of pyridine rings is 1. The molecule has 29 heavy (non-hydrogen) atoms. The monoisotopic (exact) mass is 390 g/mol. The number of nitrogens with zero attached hydrogens (tertiary/aromatic N) is 3. The molecule has 0 saturated carbocycles. The first-order chi connectivity index (χ1) is 14.1. The van der Waals surface area contributed by atoms with Crippen LogP contribution in [0.25, 0.3) is 16.6 Å². The van der Waals surface area contributed by atoms with Crippen LogP contribution >= 0.6 is 0 Å². The van der Waals surface area contributed by atoms with Crippen molar-refractivity contribution in [2.24, 2.45) is 0 Å². The highest BCUT2D eigenvalue weighted by molar-refractivity contribution is 6.43. The Hall–Kier alpha value is -3.74. The van der Waals surface area contributed by atoms with Crippen molar-refractivity contribution in [3.05, 3.63) is 85.0 Å². The molecule has 1 amide bonds. The Labute approximate surface area is 166 Å². The molecule has 0 spiro atoms. The Kier molecular flexibility index (Phi) is 5.20. The molecule has 0 saturated heterocycles. The Morgan fingerprint density at radius 2 is 1.90 bits per heavy atom. The molecule has 0 aliphatic carbocycles. The molecular weight excluding hydrogens is 371 g/mol. The number of Topliss-reactive ketones (excluding diaryl/α,β-unsaturated/α-hetero) is 1. The summed E-state index contributed by atoms with van der Waals surface area (Å²) in [7, 11) is 0. The molecule has 1 N–H and O–H groups in total. The van der Waals surface area contributed by atoms with Gasteiger partial charge in [0.15, 0.2) is 0 Å². The lowest BCUT2D eigenvalue weighted by Gasteiger charge is -2.08. The number of fused-ring (bicyclic) bond motifs is 1. The van der Waals surface area contributed by atoms with Gasteiger partial charge >= 0.3 is 0 Å². The standard InChI is InChI=1S/C22H19FN4O2/c23-17-7-5-16(6-8-17)19-14-18-4-1-2-12-27(18)20(19)21(28)22(29)25-9-3-11-26-13-10-24-15-26/h1-2,4-8,10,12-15H,3,9,11H2,(H,25,29). The van der Waals surface area contributed by atoms with Crippen LogP contribution < -0.4 is 5.32 Å². The van der Waals surface area contributed by atoms with Crippen molar-refractivity contribution >= 4 is 17.2 Å². The van der Waals surface area contributed by atoms with E-state index in [1.807, 2.05) is 29.0 Å². The number of rotatable bonds is 7. The van der Waals surface area contributed by atoms with Crippen molar-refractivity contribution in [2.45, 2.75) is 13.0 Å². The van der Waals surface area contributed by atoms with Crippen molar-refractivity contribution in [3.8, 4) is 11.1 Å². The lowest BCUT2D eigenvalue weighted by molar-refractivity contribution is -0.117. The lowest BCUT2D eigenvalue weighted by atomic mass is 10.0. The Morgan fingerprint density at radius 3 is 2.66 bits per heavy atom. The summed E-state index contributed by atoms with van der Waals surface area (Å²) >= 11 is 0. The number of aryl methyl sites for hydroxylation is 1. The number of ketones is 1. The minimum atomic E-state index is -0.664. The quantitative estimate of drug-likeness (QED) is 0.299. The maximum absolute atomic E-state index is 13.3. The van der Waals surface area contributed by atoms with Crippen molar-refractivity contribution in [1.29, 1.82) is 0 Å². The normalized spacial score (nSPS) is 10.9. The fourth-order valence-electron chi connectivity index (χ4n) is 3.28. The number of halogens is 1. The van der Waals surface area contributed by atoms with E-state index in [2.05, 4.69) is 10.3 Å². The number of hydrogen-bond donors (Lipinski definition) is 1. The summed E-state index contributed by atoms with van der Waals surface area (Å²) in [5.41, 5.74) is 2.31. The van der Waals surface area contributed by atoms with Crippen LogP contribution in [0.15, 0.2) is 73.4 Å². The molecule has 0 radical (unpaired) electrons. The van der Waals surface area contributed by atoms with E-state index < -0.39 is 11.7 Å². The number of carbonyl (C=O) groups is 2. The predicted octanol–water partition coefficient (Wildman–Crippen LogP) is 3.33. The van der Waals surface area contributed by atoms with E-state index in [-0.39, 0.29) is 11.5 Å². The molecule has 0 aliphatic rings. The fraction of sp³-hybridized carbons (Fsp3) is 0.136. The second-order valence-electron chi connectivity index (χ2n) is 6.65. The van der Waals surface area contributed by atoms with Gasteiger partial charge in [0.25, 0.3) is 11.7 Å². The Bertz CT molecular complexity index is 1150. The number of imidazole rings is 1. The maximum atomic E-state index is 13.3. The molecule has 0 atom stereocenters. The number of hydrogen-bond acceptors (Lipinski definition) is 3. The third-order valence-corrected chi connectivity index (χ3v) is 4.69. The molecule has 1 aromatic carbocycles. The Balaban J connectivity index is 1.56. The zero-order chi connectivity index (χ0) is 20.2. The third-order valence-electron chi connectivity index (χ3n) is 4.69. The average Bonchev–Trinajstić information content (AvgIpc) is 3.38. The second-order valence-corrected chi connectivity index (χ2v) is 6.65. The number of amides is 1. The third kappa shape index (κ3) is 3.94. The Morgan fingerprint density at radius 1 is 1.07 bits per heavy atom. The molecule has 0 bridgehead atoms. The number of carbonyl (C=O) groups excluding carboxylic acids is 2. The predicted molar refractivity (Wildman–Crippen MR) is 107 cm³/mol. The summed E-state index contributed by atoms with van der Waals surface area (Å²) in [5, 5.41) is 2.69. The van der Waals surface area contributed by atoms with Gasteiger partial charge in [-0.15, -0.1) is 0 Å². The minimum absolute atomic E-state index is 0.263. The van der Waals surface area contributed by atoms with Crippen molar-refractivity contribution < 1.29 is 14.0 Å². The molecule has 0 fully saturated rings. The van der Waals surface area contributed by atoms with Crippen LogP contribution in [0.5, 0.6) is 0 Å². The van der Waals surface area contributed by atoms with Gasteiger partial charge in [0.1, 0.15) is 11.5 Å². The van der Waals surface area contributed by atoms with Gasteiger partial charge in [-0.1, -0.05) is 18.2 Å². The number of nitrogens with one attached hydrogen (secondary N) is 1. The summed E-state index contributed by atoms with van der Waals surface area (Å²) < 4.78 is 16.9. The smallest absolute Gasteiger partial charge is 0.294 e. The SMILES string of the molecule is O=C(NCCCn1ccnc1)C(=O)c1c(-c2ccc(F)cc2)cc2ccccn12. The highest BCUT2D eigenvalue weighted by Gasteiger charge is 2.24. The van der Waals surface area contributed by atoms with Crippen molar-refractivity contribution in [3.63, 3.8) is 0 Å². The van der Waals surface area contributed by atoms with Gasteiger partial charge in [-0.3, -0.25) is 9.59 Å². The minimum Gasteiger partial charge on any atom is -0.349 e. The molecular formula is C22H19FN4O2. The summed E-state index contributed by atoms with van der Waals surface area (Å²) in [6.45, 7) is 1.07. The van der Waals surface area contributed by atoms with Gasteiger partial charge in [-0.05, 0) is 42.3 Å². The van der Waals surface area contributed by atoms with Crippen LogP contribution in [-0.4, -0.2) is 32.2 Å². The highest BCUT2D eigenvalue weighted by atomic mass is 19.1. The van der Waals surface area contributed by atoms with E-state index in [1.165, 1.54) is 12.1 Å². The maximum Gasteiger partial charge on any atom is 0.294 e. The summed E-state index contributed by atoms with van der Waals surface area (Å²) in [6, 6.07) is 13.2. The molecule has 0 aliphatic heterocycles. The zero-order valence-corrected chi connectivity index (χ0v) is 15.6.